The number of ether oxygens (including phenoxy) is 1. The van der Waals surface area contributed by atoms with Crippen molar-refractivity contribution >= 4 is 11.6 Å². The zero-order valence-electron chi connectivity index (χ0n) is 8.51. The summed E-state index contributed by atoms with van der Waals surface area (Å²) in [4.78, 5) is 4.19. The highest BCUT2D eigenvalue weighted by Gasteiger charge is 1.98. The Kier molecular flexibility index (Phi) is 3.66. The summed E-state index contributed by atoms with van der Waals surface area (Å²) in [5.74, 6) is 0.473. The van der Waals surface area contributed by atoms with Gasteiger partial charge in [0.25, 0.3) is 0 Å². The van der Waals surface area contributed by atoms with Crippen molar-refractivity contribution in [2.45, 2.75) is 6.42 Å². The molecule has 16 heavy (non-hydrogen) atoms. The van der Waals surface area contributed by atoms with Crippen LogP contribution in [0.25, 0.3) is 0 Å². The van der Waals surface area contributed by atoms with Gasteiger partial charge in [-0.15, -0.1) is 10.2 Å². The van der Waals surface area contributed by atoms with Gasteiger partial charge in [0.05, 0.1) is 6.61 Å². The second-order valence-corrected chi connectivity index (χ2v) is 3.50. The van der Waals surface area contributed by atoms with Gasteiger partial charge in [0, 0.05) is 24.4 Å². The summed E-state index contributed by atoms with van der Waals surface area (Å²) < 4.78 is 5.39. The molecule has 0 N–H and O–H groups in total. The van der Waals surface area contributed by atoms with Crippen LogP contribution in [0.15, 0.2) is 36.5 Å². The van der Waals surface area contributed by atoms with Crippen molar-refractivity contribution in [1.82, 2.24) is 15.2 Å². The summed E-state index contributed by atoms with van der Waals surface area (Å²) in [6, 6.07) is 9.12. The van der Waals surface area contributed by atoms with E-state index in [0.717, 1.165) is 12.1 Å². The molecule has 0 saturated carbocycles. The summed E-state index contributed by atoms with van der Waals surface area (Å²) in [5, 5.41) is 7.82. The third-order valence-electron chi connectivity index (χ3n) is 1.94. The van der Waals surface area contributed by atoms with Crippen LogP contribution in [0.1, 0.15) is 5.69 Å². The minimum atomic E-state index is 0.358. The molecule has 0 aliphatic heterocycles. The first-order valence-electron chi connectivity index (χ1n) is 4.86. The second kappa shape index (κ2) is 5.42. The lowest BCUT2D eigenvalue weighted by atomic mass is 10.3. The number of rotatable bonds is 4. The van der Waals surface area contributed by atoms with Gasteiger partial charge in [0.15, 0.2) is 5.15 Å². The molecule has 0 bridgehead atoms. The van der Waals surface area contributed by atoms with E-state index in [1.807, 2.05) is 18.2 Å². The lowest BCUT2D eigenvalue weighted by molar-refractivity contribution is 0.304. The van der Waals surface area contributed by atoms with Gasteiger partial charge < -0.3 is 4.74 Å². The predicted molar refractivity (Wildman–Crippen MR) is 60.5 cm³/mol. The molecular formula is C11H10ClN3O. The second-order valence-electron chi connectivity index (χ2n) is 3.11. The molecule has 5 heteroatoms. The Labute approximate surface area is 98.3 Å². The standard InChI is InChI=1S/C11H10ClN3O/c12-10-4-5-11(15-14-10)16-8-6-9-3-1-2-7-13-9/h1-5,7H,6,8H2. The van der Waals surface area contributed by atoms with E-state index in [4.69, 9.17) is 16.3 Å². The van der Waals surface area contributed by atoms with Crippen LogP contribution < -0.4 is 4.74 Å². The first-order chi connectivity index (χ1) is 7.84. The van der Waals surface area contributed by atoms with E-state index in [-0.39, 0.29) is 0 Å². The molecule has 0 fully saturated rings. The maximum Gasteiger partial charge on any atom is 0.233 e. The van der Waals surface area contributed by atoms with Gasteiger partial charge in [0.2, 0.25) is 5.88 Å². The lowest BCUT2D eigenvalue weighted by Crippen LogP contribution is -2.04. The number of pyridine rings is 1. The molecular weight excluding hydrogens is 226 g/mol. The quantitative estimate of drug-likeness (QED) is 0.815. The minimum Gasteiger partial charge on any atom is -0.476 e. The highest BCUT2D eigenvalue weighted by Crippen LogP contribution is 2.08. The monoisotopic (exact) mass is 235 g/mol. The van der Waals surface area contributed by atoms with Crippen molar-refractivity contribution in [3.8, 4) is 5.88 Å². The van der Waals surface area contributed by atoms with E-state index >= 15 is 0 Å². The molecule has 2 heterocycles. The van der Waals surface area contributed by atoms with Crippen molar-refractivity contribution in [3.63, 3.8) is 0 Å². The number of hydrogen-bond acceptors (Lipinski definition) is 4. The van der Waals surface area contributed by atoms with Gasteiger partial charge in [-0.1, -0.05) is 17.7 Å². The zero-order chi connectivity index (χ0) is 11.2. The smallest absolute Gasteiger partial charge is 0.233 e. The van der Waals surface area contributed by atoms with Crippen LogP contribution in [-0.4, -0.2) is 21.8 Å². The van der Waals surface area contributed by atoms with E-state index < -0.39 is 0 Å². The third kappa shape index (κ3) is 3.17. The number of halogens is 1. The van der Waals surface area contributed by atoms with Gasteiger partial charge in [-0.2, -0.15) is 0 Å². The molecule has 2 rings (SSSR count). The molecule has 2 aromatic heterocycles. The summed E-state index contributed by atoms with van der Waals surface area (Å²) in [5.41, 5.74) is 0.990. The normalized spacial score (nSPS) is 10.1. The molecule has 0 aliphatic rings. The molecule has 0 unspecified atom stereocenters. The first kappa shape index (κ1) is 10.8. The van der Waals surface area contributed by atoms with Crippen LogP contribution in [0.3, 0.4) is 0 Å². The van der Waals surface area contributed by atoms with E-state index in [2.05, 4.69) is 15.2 Å². The van der Waals surface area contributed by atoms with Gasteiger partial charge in [0.1, 0.15) is 0 Å². The summed E-state index contributed by atoms with van der Waals surface area (Å²) in [6.45, 7) is 0.521. The fourth-order valence-corrected chi connectivity index (χ4v) is 1.29. The van der Waals surface area contributed by atoms with Crippen molar-refractivity contribution < 1.29 is 4.74 Å². The summed E-state index contributed by atoms with van der Waals surface area (Å²) in [7, 11) is 0. The van der Waals surface area contributed by atoms with E-state index in [1.54, 1.807) is 18.3 Å². The molecule has 0 aromatic carbocycles. The first-order valence-corrected chi connectivity index (χ1v) is 5.24. The number of hydrogen-bond donors (Lipinski definition) is 0. The van der Waals surface area contributed by atoms with E-state index in [9.17, 15) is 0 Å². The maximum atomic E-state index is 5.60. The molecule has 2 aromatic rings. The van der Waals surface area contributed by atoms with Crippen LogP contribution in [0.2, 0.25) is 5.15 Å². The largest absolute Gasteiger partial charge is 0.476 e. The van der Waals surface area contributed by atoms with Gasteiger partial charge in [-0.25, -0.2) is 0 Å². The fourth-order valence-electron chi connectivity index (χ4n) is 1.19. The van der Waals surface area contributed by atoms with Crippen LogP contribution in [0.4, 0.5) is 0 Å². The van der Waals surface area contributed by atoms with Crippen molar-refractivity contribution in [2.24, 2.45) is 0 Å². The van der Waals surface area contributed by atoms with E-state index in [0.29, 0.717) is 17.6 Å². The Morgan fingerprint density at radius 3 is 2.75 bits per heavy atom. The Morgan fingerprint density at radius 2 is 2.06 bits per heavy atom. The van der Waals surface area contributed by atoms with Crippen molar-refractivity contribution in [3.05, 3.63) is 47.4 Å². The zero-order valence-corrected chi connectivity index (χ0v) is 9.26. The highest BCUT2D eigenvalue weighted by atomic mass is 35.5. The molecule has 0 aliphatic carbocycles. The van der Waals surface area contributed by atoms with Crippen molar-refractivity contribution in [2.75, 3.05) is 6.61 Å². The minimum absolute atomic E-state index is 0.358. The highest BCUT2D eigenvalue weighted by molar-refractivity contribution is 6.29. The van der Waals surface area contributed by atoms with Crippen LogP contribution in [-0.2, 0) is 6.42 Å². The lowest BCUT2D eigenvalue weighted by Gasteiger charge is -2.03. The Bertz CT molecular complexity index is 433. The Morgan fingerprint density at radius 1 is 1.12 bits per heavy atom. The molecule has 0 spiro atoms. The SMILES string of the molecule is Clc1ccc(OCCc2ccccn2)nn1. The van der Waals surface area contributed by atoms with Crippen molar-refractivity contribution in [1.29, 1.82) is 0 Å². The molecule has 0 atom stereocenters. The fraction of sp³-hybridized carbons (Fsp3) is 0.182. The average molecular weight is 236 g/mol. The van der Waals surface area contributed by atoms with Gasteiger partial charge >= 0.3 is 0 Å². The van der Waals surface area contributed by atoms with Gasteiger partial charge in [-0.05, 0) is 18.2 Å². The van der Waals surface area contributed by atoms with Crippen LogP contribution in [0, 0.1) is 0 Å². The van der Waals surface area contributed by atoms with Crippen LogP contribution >= 0.6 is 11.6 Å². The third-order valence-corrected chi connectivity index (χ3v) is 2.14. The molecule has 0 radical (unpaired) electrons. The van der Waals surface area contributed by atoms with Gasteiger partial charge in [-0.3, -0.25) is 4.98 Å². The molecule has 0 saturated heterocycles. The molecule has 82 valence electrons. The molecule has 0 amide bonds. The Hall–Kier alpha value is -1.68. The molecule has 4 nitrogen and oxygen atoms in total. The maximum absolute atomic E-state index is 5.60. The summed E-state index contributed by atoms with van der Waals surface area (Å²) >= 11 is 5.60. The number of nitrogens with zero attached hydrogens (tertiary/aromatic N) is 3. The predicted octanol–water partition coefficient (Wildman–Crippen LogP) is 2.15. The van der Waals surface area contributed by atoms with Crippen LogP contribution in [0.5, 0.6) is 5.88 Å². The number of aromatic nitrogens is 3. The topological polar surface area (TPSA) is 47.9 Å². The average Bonchev–Trinajstić information content (AvgIpc) is 2.33. The van der Waals surface area contributed by atoms with E-state index in [1.165, 1.54) is 0 Å². The summed E-state index contributed by atoms with van der Waals surface area (Å²) in [6.07, 6.45) is 2.50. The Balaban J connectivity index is 1.82.